The van der Waals surface area contributed by atoms with Gasteiger partial charge in [-0.3, -0.25) is 0 Å². The van der Waals surface area contributed by atoms with Crippen LogP contribution in [0.25, 0.3) is 27.8 Å². The van der Waals surface area contributed by atoms with Gasteiger partial charge in [0.1, 0.15) is 0 Å². The van der Waals surface area contributed by atoms with Crippen LogP contribution in [0.4, 0.5) is 0 Å². The van der Waals surface area contributed by atoms with E-state index in [1.54, 1.807) is 0 Å². The normalized spacial score (nSPS) is 14.2. The Morgan fingerprint density at radius 2 is 1.28 bits per heavy atom. The first-order valence-corrected chi connectivity index (χ1v) is 9.33. The van der Waals surface area contributed by atoms with Crippen molar-refractivity contribution in [2.75, 3.05) is 0 Å². The third-order valence-corrected chi connectivity index (χ3v) is 5.08. The van der Waals surface area contributed by atoms with Gasteiger partial charge in [0, 0.05) is 5.02 Å². The maximum absolute atomic E-state index is 6.45. The Morgan fingerprint density at radius 3 is 2.04 bits per heavy atom. The maximum Gasteiger partial charge on any atom is 0.0418 e. The highest BCUT2D eigenvalue weighted by atomic mass is 35.5. The van der Waals surface area contributed by atoms with E-state index < -0.39 is 0 Å². The summed E-state index contributed by atoms with van der Waals surface area (Å²) >= 11 is 6.45. The summed E-state index contributed by atoms with van der Waals surface area (Å²) in [6.07, 6.45) is 7.29. The topological polar surface area (TPSA) is 0 Å². The first-order chi connectivity index (χ1) is 12.3. The minimum absolute atomic E-state index is 0.809. The van der Waals surface area contributed by atoms with Crippen molar-refractivity contribution < 1.29 is 0 Å². The van der Waals surface area contributed by atoms with Crippen LogP contribution >= 0.6 is 11.6 Å². The van der Waals surface area contributed by atoms with Crippen molar-refractivity contribution in [2.24, 2.45) is 0 Å². The fourth-order valence-corrected chi connectivity index (χ4v) is 3.79. The zero-order valence-electron chi connectivity index (χ0n) is 14.2. The molecule has 0 atom stereocenters. The molecule has 3 aromatic carbocycles. The van der Waals surface area contributed by atoms with Crippen LogP contribution in [0.2, 0.25) is 5.02 Å². The van der Waals surface area contributed by atoms with Gasteiger partial charge in [0.2, 0.25) is 0 Å². The van der Waals surface area contributed by atoms with E-state index in [0.29, 0.717) is 0 Å². The molecule has 0 heterocycles. The molecular formula is C24H21Cl. The summed E-state index contributed by atoms with van der Waals surface area (Å²) in [5, 5.41) is 0.809. The summed E-state index contributed by atoms with van der Waals surface area (Å²) in [4.78, 5) is 0. The zero-order chi connectivity index (χ0) is 17.1. The Bertz CT molecular complexity index is 906. The molecule has 25 heavy (non-hydrogen) atoms. The molecule has 0 aromatic heterocycles. The van der Waals surface area contributed by atoms with Crippen LogP contribution in [-0.4, -0.2) is 0 Å². The summed E-state index contributed by atoms with van der Waals surface area (Å²) in [5.41, 5.74) is 7.58. The van der Waals surface area contributed by atoms with Crippen LogP contribution in [0.1, 0.15) is 31.2 Å². The van der Waals surface area contributed by atoms with E-state index in [1.807, 2.05) is 0 Å². The average molecular weight is 345 g/mol. The molecule has 124 valence electrons. The zero-order valence-corrected chi connectivity index (χ0v) is 15.0. The van der Waals surface area contributed by atoms with Crippen molar-refractivity contribution in [1.29, 1.82) is 0 Å². The van der Waals surface area contributed by atoms with Crippen LogP contribution in [0.3, 0.4) is 0 Å². The van der Waals surface area contributed by atoms with Crippen molar-refractivity contribution in [3.05, 3.63) is 89.5 Å². The predicted octanol–water partition coefficient (Wildman–Crippen LogP) is 7.63. The monoisotopic (exact) mass is 344 g/mol. The Morgan fingerprint density at radius 1 is 0.600 bits per heavy atom. The average Bonchev–Trinajstić information content (AvgIpc) is 2.69. The van der Waals surface area contributed by atoms with Crippen molar-refractivity contribution in [3.8, 4) is 22.3 Å². The Kier molecular flexibility index (Phi) is 4.72. The van der Waals surface area contributed by atoms with Gasteiger partial charge < -0.3 is 0 Å². The van der Waals surface area contributed by atoms with Crippen molar-refractivity contribution in [2.45, 2.75) is 25.7 Å². The van der Waals surface area contributed by atoms with Crippen molar-refractivity contribution in [1.82, 2.24) is 0 Å². The molecule has 0 aliphatic heterocycles. The van der Waals surface area contributed by atoms with E-state index >= 15 is 0 Å². The number of hydrogen-bond donors (Lipinski definition) is 0. The first-order valence-electron chi connectivity index (χ1n) is 8.95. The van der Waals surface area contributed by atoms with Crippen LogP contribution in [0.5, 0.6) is 0 Å². The van der Waals surface area contributed by atoms with Gasteiger partial charge in [0.25, 0.3) is 0 Å². The maximum atomic E-state index is 6.45. The van der Waals surface area contributed by atoms with Crippen LogP contribution < -0.4 is 0 Å². The Hall–Kier alpha value is -2.31. The quantitative estimate of drug-likeness (QED) is 0.458. The second-order valence-electron chi connectivity index (χ2n) is 6.65. The second-order valence-corrected chi connectivity index (χ2v) is 7.09. The number of rotatable bonds is 3. The predicted molar refractivity (Wildman–Crippen MR) is 109 cm³/mol. The van der Waals surface area contributed by atoms with Gasteiger partial charge in [0.05, 0.1) is 0 Å². The lowest BCUT2D eigenvalue weighted by Gasteiger charge is -2.15. The van der Waals surface area contributed by atoms with E-state index in [4.69, 9.17) is 11.6 Å². The molecule has 0 saturated heterocycles. The highest BCUT2D eigenvalue weighted by Gasteiger charge is 2.10. The molecule has 1 aliphatic carbocycles. The lowest BCUT2D eigenvalue weighted by Crippen LogP contribution is -1.92. The molecule has 1 heteroatoms. The number of hydrogen-bond acceptors (Lipinski definition) is 0. The van der Waals surface area contributed by atoms with Gasteiger partial charge in [-0.25, -0.2) is 0 Å². The van der Waals surface area contributed by atoms with E-state index in [0.717, 1.165) is 11.4 Å². The van der Waals surface area contributed by atoms with Gasteiger partial charge in [0.15, 0.2) is 0 Å². The highest BCUT2D eigenvalue weighted by Crippen LogP contribution is 2.33. The summed E-state index contributed by atoms with van der Waals surface area (Å²) < 4.78 is 0. The number of benzene rings is 3. The summed E-state index contributed by atoms with van der Waals surface area (Å²) in [6, 6.07) is 25.7. The summed E-state index contributed by atoms with van der Waals surface area (Å²) in [7, 11) is 0. The van der Waals surface area contributed by atoms with E-state index in [1.165, 1.54) is 52.7 Å². The van der Waals surface area contributed by atoms with Gasteiger partial charge in [-0.05, 0) is 83.3 Å². The van der Waals surface area contributed by atoms with Crippen molar-refractivity contribution >= 4 is 17.2 Å². The van der Waals surface area contributed by atoms with Crippen molar-refractivity contribution in [3.63, 3.8) is 0 Å². The molecule has 4 rings (SSSR count). The standard InChI is InChI=1S/C24H21Cl/c25-24-16-22(19-10-5-2-6-11-19)15-23(17-24)21-13-7-12-20(14-21)18-8-3-1-4-9-18/h1,3-4,7-10,12-17H,2,5-6,11H2. The molecule has 3 aromatic rings. The Labute approximate surface area is 154 Å². The highest BCUT2D eigenvalue weighted by molar-refractivity contribution is 6.31. The second kappa shape index (κ2) is 7.29. The fourth-order valence-electron chi connectivity index (χ4n) is 3.55. The SMILES string of the molecule is Clc1cc(C2=CCCCC2)cc(-c2cccc(-c3ccccc3)c2)c1. The van der Waals surface area contributed by atoms with Crippen LogP contribution in [0, 0.1) is 0 Å². The molecule has 0 nitrogen and oxygen atoms in total. The molecule has 0 saturated carbocycles. The summed E-state index contributed by atoms with van der Waals surface area (Å²) in [5.74, 6) is 0. The Balaban J connectivity index is 1.75. The van der Waals surface area contributed by atoms with E-state index in [9.17, 15) is 0 Å². The lowest BCUT2D eigenvalue weighted by atomic mass is 9.91. The van der Waals surface area contributed by atoms with Crippen LogP contribution in [-0.2, 0) is 0 Å². The number of halogens is 1. The molecule has 0 radical (unpaired) electrons. The molecule has 0 N–H and O–H groups in total. The largest absolute Gasteiger partial charge is 0.0843 e. The first kappa shape index (κ1) is 16.2. The fraction of sp³-hybridized carbons (Fsp3) is 0.167. The molecule has 0 bridgehead atoms. The smallest absolute Gasteiger partial charge is 0.0418 e. The van der Waals surface area contributed by atoms with E-state index in [2.05, 4.69) is 78.9 Å². The third kappa shape index (κ3) is 3.70. The van der Waals surface area contributed by atoms with Crippen LogP contribution in [0.15, 0.2) is 78.9 Å². The van der Waals surface area contributed by atoms with Gasteiger partial charge in [-0.1, -0.05) is 66.2 Å². The number of allylic oxidation sites excluding steroid dienone is 2. The molecule has 0 spiro atoms. The van der Waals surface area contributed by atoms with Gasteiger partial charge in [-0.15, -0.1) is 0 Å². The molecule has 0 amide bonds. The van der Waals surface area contributed by atoms with E-state index in [-0.39, 0.29) is 0 Å². The lowest BCUT2D eigenvalue weighted by molar-refractivity contribution is 0.742. The minimum Gasteiger partial charge on any atom is -0.0843 e. The molecule has 0 fully saturated rings. The molecule has 1 aliphatic rings. The van der Waals surface area contributed by atoms with Gasteiger partial charge >= 0.3 is 0 Å². The molecular weight excluding hydrogens is 324 g/mol. The third-order valence-electron chi connectivity index (χ3n) is 4.86. The molecule has 0 unspecified atom stereocenters. The summed E-state index contributed by atoms with van der Waals surface area (Å²) in [6.45, 7) is 0. The van der Waals surface area contributed by atoms with Gasteiger partial charge in [-0.2, -0.15) is 0 Å². The minimum atomic E-state index is 0.809.